The van der Waals surface area contributed by atoms with Gasteiger partial charge in [0, 0.05) is 18.0 Å². The molecule has 0 spiro atoms. The fourth-order valence-corrected chi connectivity index (χ4v) is 4.69. The molecule has 0 aliphatic carbocycles. The van der Waals surface area contributed by atoms with E-state index in [1.54, 1.807) is 24.3 Å². The molecule has 2 aromatic heterocycles. The van der Waals surface area contributed by atoms with Crippen molar-refractivity contribution >= 4 is 33.8 Å². The first-order chi connectivity index (χ1) is 16.0. The molecule has 33 heavy (non-hydrogen) atoms. The van der Waals surface area contributed by atoms with Gasteiger partial charge in [-0.2, -0.15) is 0 Å². The summed E-state index contributed by atoms with van der Waals surface area (Å²) in [7, 11) is 0. The fourth-order valence-electron chi connectivity index (χ4n) is 4.69. The van der Waals surface area contributed by atoms with Gasteiger partial charge >= 0.3 is 5.97 Å². The summed E-state index contributed by atoms with van der Waals surface area (Å²) in [5.41, 5.74) is 2.49. The highest BCUT2D eigenvalue weighted by molar-refractivity contribution is 5.94. The molecule has 5 rings (SSSR count). The van der Waals surface area contributed by atoms with E-state index in [0.717, 1.165) is 38.6 Å². The van der Waals surface area contributed by atoms with Crippen molar-refractivity contribution in [3.05, 3.63) is 53.8 Å². The van der Waals surface area contributed by atoms with Crippen LogP contribution in [-0.2, 0) is 0 Å². The van der Waals surface area contributed by atoms with Gasteiger partial charge in [0.25, 0.3) is 0 Å². The van der Waals surface area contributed by atoms with Gasteiger partial charge in [0.15, 0.2) is 11.6 Å². The zero-order valence-electron chi connectivity index (χ0n) is 18.6. The van der Waals surface area contributed by atoms with Crippen LogP contribution in [0.15, 0.2) is 46.9 Å². The Labute approximate surface area is 191 Å². The van der Waals surface area contributed by atoms with Crippen LogP contribution in [0.2, 0.25) is 0 Å². The second-order valence-corrected chi connectivity index (χ2v) is 8.68. The predicted molar refractivity (Wildman–Crippen MR) is 126 cm³/mol. The second kappa shape index (κ2) is 8.81. The summed E-state index contributed by atoms with van der Waals surface area (Å²) < 4.78 is 19.9. The molecule has 170 valence electrons. The van der Waals surface area contributed by atoms with Gasteiger partial charge in [0.05, 0.1) is 16.6 Å². The van der Waals surface area contributed by atoms with E-state index in [2.05, 4.69) is 11.8 Å². The van der Waals surface area contributed by atoms with Crippen molar-refractivity contribution in [2.45, 2.75) is 51.5 Å². The Hall–Kier alpha value is -3.48. The molecule has 0 bridgehead atoms. The van der Waals surface area contributed by atoms with Gasteiger partial charge in [-0.25, -0.2) is 19.2 Å². The number of nitrogens with zero attached hydrogens (tertiary/aromatic N) is 3. The molecule has 0 radical (unpaired) electrons. The third kappa shape index (κ3) is 4.15. The number of carbonyl (C=O) groups is 1. The number of anilines is 1. The lowest BCUT2D eigenvalue weighted by atomic mass is 9.97. The Morgan fingerprint density at radius 3 is 2.85 bits per heavy atom. The first kappa shape index (κ1) is 21.4. The highest BCUT2D eigenvalue weighted by Gasteiger charge is 2.28. The van der Waals surface area contributed by atoms with Gasteiger partial charge < -0.3 is 14.4 Å². The van der Waals surface area contributed by atoms with Crippen LogP contribution in [-0.4, -0.2) is 33.6 Å². The maximum Gasteiger partial charge on any atom is 0.335 e. The van der Waals surface area contributed by atoms with E-state index in [1.165, 1.54) is 24.6 Å². The molecule has 2 aromatic carbocycles. The summed E-state index contributed by atoms with van der Waals surface area (Å²) in [5.74, 6) is -0.0912. The summed E-state index contributed by atoms with van der Waals surface area (Å²) in [6.07, 6.45) is 6.63. The zero-order valence-corrected chi connectivity index (χ0v) is 18.6. The summed E-state index contributed by atoms with van der Waals surface area (Å²) in [5, 5.41) is 10.1. The molecule has 7 heteroatoms. The van der Waals surface area contributed by atoms with Crippen LogP contribution in [0.25, 0.3) is 33.5 Å². The van der Waals surface area contributed by atoms with Crippen molar-refractivity contribution in [1.82, 2.24) is 9.97 Å². The number of unbranched alkanes of at least 4 members (excludes halogenated alkanes) is 1. The SMILES string of the molecule is CCCCC1CCCCN1c1nc2cc(C(=O)O)ccc2nc1-c1cc2cc(F)ccc2o1. The van der Waals surface area contributed by atoms with Crippen molar-refractivity contribution in [1.29, 1.82) is 0 Å². The van der Waals surface area contributed by atoms with Gasteiger partial charge in [-0.05, 0) is 68.1 Å². The molecule has 6 nitrogen and oxygen atoms in total. The average molecular weight is 448 g/mol. The molecule has 1 N–H and O–H groups in total. The Morgan fingerprint density at radius 2 is 2.03 bits per heavy atom. The van der Waals surface area contributed by atoms with Gasteiger partial charge in [0.1, 0.15) is 17.1 Å². The third-order valence-corrected chi connectivity index (χ3v) is 6.39. The first-order valence-corrected chi connectivity index (χ1v) is 11.5. The molecule has 1 fully saturated rings. The number of halogens is 1. The fraction of sp³-hybridized carbons (Fsp3) is 0.346. The molecule has 3 heterocycles. The van der Waals surface area contributed by atoms with E-state index in [4.69, 9.17) is 14.4 Å². The van der Waals surface area contributed by atoms with Crippen LogP contribution in [0.5, 0.6) is 0 Å². The Bertz CT molecular complexity index is 1330. The maximum absolute atomic E-state index is 13.8. The second-order valence-electron chi connectivity index (χ2n) is 8.68. The van der Waals surface area contributed by atoms with Crippen molar-refractivity contribution < 1.29 is 18.7 Å². The minimum Gasteiger partial charge on any atom is -0.478 e. The summed E-state index contributed by atoms with van der Waals surface area (Å²) in [4.78, 5) is 23.6. The van der Waals surface area contributed by atoms with Crippen molar-refractivity contribution in [3.63, 3.8) is 0 Å². The van der Waals surface area contributed by atoms with Crippen LogP contribution in [0, 0.1) is 5.82 Å². The summed E-state index contributed by atoms with van der Waals surface area (Å²) in [6.45, 7) is 3.05. The first-order valence-electron chi connectivity index (χ1n) is 11.5. The minimum atomic E-state index is -0.998. The van der Waals surface area contributed by atoms with E-state index >= 15 is 0 Å². The Balaban J connectivity index is 1.70. The number of hydrogen-bond donors (Lipinski definition) is 1. The largest absolute Gasteiger partial charge is 0.478 e. The Kier molecular flexibility index (Phi) is 5.70. The zero-order chi connectivity index (χ0) is 22.9. The van der Waals surface area contributed by atoms with Crippen LogP contribution in [0.3, 0.4) is 0 Å². The smallest absolute Gasteiger partial charge is 0.335 e. The number of benzene rings is 2. The van der Waals surface area contributed by atoms with E-state index < -0.39 is 5.97 Å². The number of carboxylic acid groups (broad SMARTS) is 1. The molecule has 1 aliphatic rings. The van der Waals surface area contributed by atoms with Gasteiger partial charge in [-0.1, -0.05) is 19.8 Å². The molecule has 1 saturated heterocycles. The number of aromatic carboxylic acids is 1. The lowest BCUT2D eigenvalue weighted by molar-refractivity contribution is 0.0697. The van der Waals surface area contributed by atoms with Gasteiger partial charge in [0.2, 0.25) is 0 Å². The number of carboxylic acids is 1. The monoisotopic (exact) mass is 447 g/mol. The van der Waals surface area contributed by atoms with Crippen LogP contribution in [0.4, 0.5) is 10.2 Å². The van der Waals surface area contributed by atoms with Crippen LogP contribution >= 0.6 is 0 Å². The topological polar surface area (TPSA) is 79.5 Å². The van der Waals surface area contributed by atoms with E-state index in [-0.39, 0.29) is 11.4 Å². The third-order valence-electron chi connectivity index (χ3n) is 6.39. The number of aromatic nitrogens is 2. The minimum absolute atomic E-state index is 0.177. The Morgan fingerprint density at radius 1 is 1.15 bits per heavy atom. The highest BCUT2D eigenvalue weighted by Crippen LogP contribution is 2.37. The molecule has 1 atom stereocenters. The number of piperidine rings is 1. The molecule has 0 amide bonds. The van der Waals surface area contributed by atoms with Crippen molar-refractivity contribution in [2.24, 2.45) is 0 Å². The van der Waals surface area contributed by atoms with E-state index in [9.17, 15) is 14.3 Å². The molecular formula is C26H26FN3O3. The predicted octanol–water partition coefficient (Wildman–Crippen LogP) is 6.43. The lowest BCUT2D eigenvalue weighted by Gasteiger charge is -2.37. The normalized spacial score (nSPS) is 16.5. The highest BCUT2D eigenvalue weighted by atomic mass is 19.1. The standard InChI is InChI=1S/C26H26FN3O3/c1-2-3-6-19-7-4-5-12-30(19)25-24(23-15-17-13-18(27)9-11-22(17)33-23)28-20-10-8-16(26(31)32)14-21(20)29-25/h8-11,13-15,19H,2-7,12H2,1H3,(H,31,32). The molecule has 0 saturated carbocycles. The van der Waals surface area contributed by atoms with Crippen LogP contribution in [0.1, 0.15) is 55.8 Å². The van der Waals surface area contributed by atoms with Crippen LogP contribution < -0.4 is 4.90 Å². The summed E-state index contributed by atoms with van der Waals surface area (Å²) in [6, 6.07) is 11.3. The number of furan rings is 1. The van der Waals surface area contributed by atoms with E-state index in [0.29, 0.717) is 45.3 Å². The lowest BCUT2D eigenvalue weighted by Crippen LogP contribution is -2.40. The van der Waals surface area contributed by atoms with Gasteiger partial charge in [-0.15, -0.1) is 0 Å². The molecular weight excluding hydrogens is 421 g/mol. The molecule has 1 unspecified atom stereocenters. The van der Waals surface area contributed by atoms with Crippen molar-refractivity contribution in [3.8, 4) is 11.5 Å². The summed E-state index contributed by atoms with van der Waals surface area (Å²) >= 11 is 0. The number of rotatable bonds is 6. The molecule has 1 aliphatic heterocycles. The quantitative estimate of drug-likeness (QED) is 0.367. The average Bonchev–Trinajstić information content (AvgIpc) is 3.24. The number of fused-ring (bicyclic) bond motifs is 2. The van der Waals surface area contributed by atoms with E-state index in [1.807, 2.05) is 0 Å². The molecule has 4 aromatic rings. The van der Waals surface area contributed by atoms with Gasteiger partial charge in [-0.3, -0.25) is 0 Å². The maximum atomic E-state index is 13.8. The number of hydrogen-bond acceptors (Lipinski definition) is 5. The van der Waals surface area contributed by atoms with Crippen molar-refractivity contribution in [2.75, 3.05) is 11.4 Å².